The van der Waals surface area contributed by atoms with Gasteiger partial charge in [0.2, 0.25) is 5.91 Å². The first kappa shape index (κ1) is 13.7. The van der Waals surface area contributed by atoms with Crippen molar-refractivity contribution in [2.24, 2.45) is 0 Å². The van der Waals surface area contributed by atoms with Gasteiger partial charge in [-0.1, -0.05) is 6.07 Å². The number of rotatable bonds is 5. The summed E-state index contributed by atoms with van der Waals surface area (Å²) in [5.74, 6) is -2.60. The van der Waals surface area contributed by atoms with Crippen LogP contribution in [0.2, 0.25) is 0 Å². The lowest BCUT2D eigenvalue weighted by atomic mass is 10.1. The summed E-state index contributed by atoms with van der Waals surface area (Å²) in [5.41, 5.74) is 1.16. The van der Waals surface area contributed by atoms with Crippen molar-refractivity contribution >= 4 is 23.5 Å². The molecule has 6 nitrogen and oxygen atoms in total. The number of nitrogens with one attached hydrogen (secondary N) is 1. The Bertz CT molecular complexity index is 495. The molecule has 0 heterocycles. The topological polar surface area (TPSA) is 104 Å². The number of hydrogen-bond acceptors (Lipinski definition) is 3. The third-order valence-corrected chi connectivity index (χ3v) is 2.32. The molecule has 0 fully saturated rings. The first-order chi connectivity index (χ1) is 8.40. The molecule has 0 aromatic heterocycles. The van der Waals surface area contributed by atoms with E-state index < -0.39 is 17.8 Å². The van der Waals surface area contributed by atoms with E-state index in [0.717, 1.165) is 0 Å². The van der Waals surface area contributed by atoms with E-state index in [1.165, 1.54) is 12.1 Å². The van der Waals surface area contributed by atoms with Crippen LogP contribution >= 0.6 is 0 Å². The van der Waals surface area contributed by atoms with E-state index in [1.54, 1.807) is 13.0 Å². The van der Waals surface area contributed by atoms with Crippen LogP contribution in [-0.2, 0) is 9.59 Å². The summed E-state index contributed by atoms with van der Waals surface area (Å²) in [7, 11) is 0. The molecule has 1 amide bonds. The van der Waals surface area contributed by atoms with Gasteiger partial charge >= 0.3 is 11.9 Å². The summed E-state index contributed by atoms with van der Waals surface area (Å²) in [6.07, 6.45) is -0.407. The zero-order valence-corrected chi connectivity index (χ0v) is 9.77. The van der Waals surface area contributed by atoms with Crippen molar-refractivity contribution in [3.8, 4) is 0 Å². The highest BCUT2D eigenvalue weighted by Gasteiger charge is 2.10. The zero-order chi connectivity index (χ0) is 13.7. The minimum atomic E-state index is -1.09. The van der Waals surface area contributed by atoms with Crippen molar-refractivity contribution in [1.29, 1.82) is 0 Å². The average Bonchev–Trinajstić information content (AvgIpc) is 2.29. The third-order valence-electron chi connectivity index (χ3n) is 2.32. The number of carbonyl (C=O) groups excluding carboxylic acids is 1. The highest BCUT2D eigenvalue weighted by molar-refractivity contribution is 5.95. The number of carbonyl (C=O) groups is 3. The van der Waals surface area contributed by atoms with Gasteiger partial charge in [-0.3, -0.25) is 9.59 Å². The molecule has 0 spiro atoms. The lowest BCUT2D eigenvalue weighted by molar-refractivity contribution is -0.138. The van der Waals surface area contributed by atoms with E-state index in [0.29, 0.717) is 11.3 Å². The van der Waals surface area contributed by atoms with E-state index in [2.05, 4.69) is 5.32 Å². The molecule has 1 aromatic carbocycles. The van der Waals surface area contributed by atoms with Crippen molar-refractivity contribution in [1.82, 2.24) is 0 Å². The van der Waals surface area contributed by atoms with Gasteiger partial charge < -0.3 is 15.5 Å². The molecular formula is C12H13NO5. The fourth-order valence-corrected chi connectivity index (χ4v) is 1.32. The second-order valence-corrected chi connectivity index (χ2v) is 3.78. The number of amides is 1. The van der Waals surface area contributed by atoms with E-state index in [-0.39, 0.29) is 18.4 Å². The molecule has 0 saturated heterocycles. The van der Waals surface area contributed by atoms with E-state index in [9.17, 15) is 14.4 Å². The minimum Gasteiger partial charge on any atom is -0.481 e. The van der Waals surface area contributed by atoms with Crippen molar-refractivity contribution in [2.45, 2.75) is 19.8 Å². The summed E-state index contributed by atoms with van der Waals surface area (Å²) in [6, 6.07) is 4.36. The monoisotopic (exact) mass is 251 g/mol. The maximum Gasteiger partial charge on any atom is 0.335 e. The summed E-state index contributed by atoms with van der Waals surface area (Å²) in [5, 5.41) is 19.8. The number of carboxylic acid groups (broad SMARTS) is 2. The molecule has 1 aromatic rings. The maximum absolute atomic E-state index is 11.4. The van der Waals surface area contributed by atoms with Gasteiger partial charge in [-0.15, -0.1) is 0 Å². The fourth-order valence-electron chi connectivity index (χ4n) is 1.32. The molecule has 0 unspecified atom stereocenters. The van der Waals surface area contributed by atoms with Crippen molar-refractivity contribution < 1.29 is 24.6 Å². The Morgan fingerprint density at radius 3 is 2.39 bits per heavy atom. The van der Waals surface area contributed by atoms with Crippen LogP contribution in [0.4, 0.5) is 5.69 Å². The largest absolute Gasteiger partial charge is 0.481 e. The van der Waals surface area contributed by atoms with Crippen LogP contribution < -0.4 is 5.32 Å². The molecule has 6 heteroatoms. The number of anilines is 1. The highest BCUT2D eigenvalue weighted by Crippen LogP contribution is 2.17. The smallest absolute Gasteiger partial charge is 0.335 e. The van der Waals surface area contributed by atoms with Crippen molar-refractivity contribution in [3.05, 3.63) is 29.3 Å². The van der Waals surface area contributed by atoms with Gasteiger partial charge in [0.1, 0.15) is 0 Å². The highest BCUT2D eigenvalue weighted by atomic mass is 16.4. The van der Waals surface area contributed by atoms with E-state index in [1.807, 2.05) is 0 Å². The first-order valence-electron chi connectivity index (χ1n) is 5.25. The van der Waals surface area contributed by atoms with Gasteiger partial charge in [0.15, 0.2) is 0 Å². The molecule has 18 heavy (non-hydrogen) atoms. The van der Waals surface area contributed by atoms with Crippen LogP contribution in [-0.4, -0.2) is 28.1 Å². The fraction of sp³-hybridized carbons (Fsp3) is 0.250. The molecule has 0 aliphatic heterocycles. The summed E-state index contributed by atoms with van der Waals surface area (Å²) >= 11 is 0. The van der Waals surface area contributed by atoms with Gasteiger partial charge in [0, 0.05) is 12.1 Å². The molecule has 0 atom stereocenters. The summed E-state index contributed by atoms with van der Waals surface area (Å²) in [6.45, 7) is 1.72. The standard InChI is InChI=1S/C12H13NO5/c1-7-2-3-8(12(17)18)6-9(7)13-10(14)4-5-11(15)16/h2-3,6H,4-5H2,1H3,(H,13,14)(H,15,16)(H,17,18). The van der Waals surface area contributed by atoms with Crippen LogP contribution in [0, 0.1) is 6.92 Å². The second-order valence-electron chi connectivity index (χ2n) is 3.78. The lowest BCUT2D eigenvalue weighted by Gasteiger charge is -2.08. The molecule has 0 saturated carbocycles. The number of aliphatic carboxylic acids is 1. The lowest BCUT2D eigenvalue weighted by Crippen LogP contribution is -2.14. The Morgan fingerprint density at radius 2 is 1.83 bits per heavy atom. The zero-order valence-electron chi connectivity index (χ0n) is 9.77. The third kappa shape index (κ3) is 3.89. The van der Waals surface area contributed by atoms with Gasteiger partial charge in [0.05, 0.1) is 12.0 Å². The molecule has 0 aliphatic rings. The van der Waals surface area contributed by atoms with Gasteiger partial charge in [-0.2, -0.15) is 0 Å². The number of carboxylic acids is 2. The Morgan fingerprint density at radius 1 is 1.17 bits per heavy atom. The molecule has 0 bridgehead atoms. The Hall–Kier alpha value is -2.37. The van der Waals surface area contributed by atoms with Crippen LogP contribution in [0.1, 0.15) is 28.8 Å². The SMILES string of the molecule is Cc1ccc(C(=O)O)cc1NC(=O)CCC(=O)O. The van der Waals surface area contributed by atoms with Crippen LogP contribution in [0.5, 0.6) is 0 Å². The Kier molecular flexibility index (Phi) is 4.42. The van der Waals surface area contributed by atoms with E-state index in [4.69, 9.17) is 10.2 Å². The Balaban J connectivity index is 2.77. The number of benzene rings is 1. The molecule has 0 radical (unpaired) electrons. The number of hydrogen-bond donors (Lipinski definition) is 3. The normalized spacial score (nSPS) is 9.83. The van der Waals surface area contributed by atoms with Gasteiger partial charge in [-0.25, -0.2) is 4.79 Å². The van der Waals surface area contributed by atoms with E-state index >= 15 is 0 Å². The quantitative estimate of drug-likeness (QED) is 0.735. The Labute approximate surface area is 103 Å². The predicted octanol–water partition coefficient (Wildman–Crippen LogP) is 1.50. The van der Waals surface area contributed by atoms with Crippen LogP contribution in [0.25, 0.3) is 0 Å². The van der Waals surface area contributed by atoms with Gasteiger partial charge in [-0.05, 0) is 24.6 Å². The molecule has 3 N–H and O–H groups in total. The minimum absolute atomic E-state index is 0.0640. The van der Waals surface area contributed by atoms with Gasteiger partial charge in [0.25, 0.3) is 0 Å². The molecule has 1 rings (SSSR count). The maximum atomic E-state index is 11.4. The van der Waals surface area contributed by atoms with Crippen molar-refractivity contribution in [2.75, 3.05) is 5.32 Å². The van der Waals surface area contributed by atoms with Crippen molar-refractivity contribution in [3.63, 3.8) is 0 Å². The molecule has 96 valence electrons. The van der Waals surface area contributed by atoms with Crippen LogP contribution in [0.15, 0.2) is 18.2 Å². The average molecular weight is 251 g/mol. The van der Waals surface area contributed by atoms with Crippen LogP contribution in [0.3, 0.4) is 0 Å². The number of aryl methyl sites for hydroxylation is 1. The molecule has 0 aliphatic carbocycles. The predicted molar refractivity (Wildman–Crippen MR) is 63.6 cm³/mol. The second kappa shape index (κ2) is 5.81. The summed E-state index contributed by atoms with van der Waals surface area (Å²) < 4.78 is 0. The molecular weight excluding hydrogens is 238 g/mol. The number of aromatic carboxylic acids is 1. The summed E-state index contributed by atoms with van der Waals surface area (Å²) in [4.78, 5) is 32.5. The first-order valence-corrected chi connectivity index (χ1v) is 5.25.